The molecular weight excluding hydrogens is 1430 g/mol. The summed E-state index contributed by atoms with van der Waals surface area (Å²) in [6.07, 6.45) is 18.9. The minimum absolute atomic E-state index is 0. The third-order valence-electron chi connectivity index (χ3n) is 15.7. The fourth-order valence-electron chi connectivity index (χ4n) is 12.0. The molecule has 0 saturated heterocycles. The van der Waals surface area contributed by atoms with Crippen molar-refractivity contribution in [3.8, 4) is 45.5 Å². The summed E-state index contributed by atoms with van der Waals surface area (Å²) in [5, 5.41) is 27.5. The van der Waals surface area contributed by atoms with E-state index in [1.165, 1.54) is 10.8 Å². The van der Waals surface area contributed by atoms with Crippen LogP contribution in [0, 0.1) is 24.3 Å². The molecule has 0 saturated carbocycles. The molecule has 86 heavy (non-hydrogen) atoms. The van der Waals surface area contributed by atoms with Crippen LogP contribution in [0.5, 0.6) is 0 Å². The zero-order valence-corrected chi connectivity index (χ0v) is 49.7. The second kappa shape index (κ2) is 21.3. The van der Waals surface area contributed by atoms with Gasteiger partial charge in [0.05, 0.1) is 47.2 Å². The van der Waals surface area contributed by atoms with Gasteiger partial charge in [0.25, 0.3) is 0 Å². The molecule has 14 nitrogen and oxygen atoms in total. The molecule has 412 valence electrons. The van der Waals surface area contributed by atoms with Crippen molar-refractivity contribution in [1.82, 2.24) is 67.4 Å². The second-order valence-corrected chi connectivity index (χ2v) is 20.4. The van der Waals surface area contributed by atoms with Crippen molar-refractivity contribution in [3.05, 3.63) is 280 Å². The van der Waals surface area contributed by atoms with E-state index in [0.29, 0.717) is 0 Å². The maximum absolute atomic E-state index is 4.78. The number of aromatic nitrogens is 14. The Kier molecular flexibility index (Phi) is 12.9. The fraction of sp³-hybridized carbons (Fsp3) is 0. The van der Waals surface area contributed by atoms with Crippen LogP contribution in [0.25, 0.3) is 133 Å². The first kappa shape index (κ1) is 52.3. The van der Waals surface area contributed by atoms with Gasteiger partial charge in [-0.05, 0) is 94.2 Å². The predicted octanol–water partition coefficient (Wildman–Crippen LogP) is 14.5. The summed E-state index contributed by atoms with van der Waals surface area (Å²) in [5.41, 5.74) is 15.2. The van der Waals surface area contributed by atoms with Gasteiger partial charge < -0.3 is 9.13 Å². The topological polar surface area (TPSA) is 117 Å². The maximum Gasteiger partial charge on any atom is 2.00 e. The Labute approximate surface area is 519 Å². The van der Waals surface area contributed by atoms with E-state index in [9.17, 15) is 0 Å². The molecular formula is C70H42N14Pt2. The molecule has 0 aliphatic carbocycles. The van der Waals surface area contributed by atoms with Crippen LogP contribution in [0.3, 0.4) is 0 Å². The van der Waals surface area contributed by atoms with Gasteiger partial charge in [0.2, 0.25) is 0 Å². The Morgan fingerprint density at radius 1 is 0.267 bits per heavy atom. The summed E-state index contributed by atoms with van der Waals surface area (Å²) in [6, 6.07) is 80.8. The first-order valence-corrected chi connectivity index (χ1v) is 27.4. The Bertz CT molecular complexity index is 5440. The molecule has 0 amide bonds. The predicted molar refractivity (Wildman–Crippen MR) is 330 cm³/mol. The van der Waals surface area contributed by atoms with Gasteiger partial charge in [-0.15, -0.1) is 71.4 Å². The first-order valence-electron chi connectivity index (χ1n) is 27.4. The van der Waals surface area contributed by atoms with Crippen LogP contribution in [0.2, 0.25) is 0 Å². The molecule has 10 aromatic heterocycles. The average molecular weight is 1470 g/mol. The number of nitrogens with zero attached hydrogens (tertiary/aromatic N) is 14. The number of hydrogen-bond donors (Lipinski definition) is 0. The monoisotopic (exact) mass is 1470 g/mol. The molecule has 16 heteroatoms. The van der Waals surface area contributed by atoms with Crippen LogP contribution in [-0.4, -0.2) is 67.4 Å². The molecule has 0 unspecified atom stereocenters. The van der Waals surface area contributed by atoms with Crippen molar-refractivity contribution in [3.63, 3.8) is 0 Å². The summed E-state index contributed by atoms with van der Waals surface area (Å²) < 4.78 is 16.2. The summed E-state index contributed by atoms with van der Waals surface area (Å²) >= 11 is 0. The Balaban J connectivity index is 0.000000142. The van der Waals surface area contributed by atoms with Gasteiger partial charge in [-0.25, -0.2) is 9.97 Å². The third kappa shape index (κ3) is 8.47. The van der Waals surface area contributed by atoms with Crippen LogP contribution in [0.1, 0.15) is 0 Å². The first-order chi connectivity index (χ1) is 41.7. The molecule has 0 atom stereocenters. The van der Waals surface area contributed by atoms with E-state index in [0.717, 1.165) is 122 Å². The molecule has 0 aliphatic rings. The number of rotatable bonds is 8. The molecule has 0 bridgehead atoms. The van der Waals surface area contributed by atoms with E-state index in [1.54, 1.807) is 12.4 Å². The maximum atomic E-state index is 4.78. The summed E-state index contributed by atoms with van der Waals surface area (Å²) in [4.78, 5) is 9.43. The van der Waals surface area contributed by atoms with E-state index in [4.69, 9.17) is 20.2 Å². The number of benzene rings is 8. The minimum atomic E-state index is 0. The summed E-state index contributed by atoms with van der Waals surface area (Å²) in [6.45, 7) is 0. The van der Waals surface area contributed by atoms with Gasteiger partial charge >= 0.3 is 42.1 Å². The van der Waals surface area contributed by atoms with Crippen molar-refractivity contribution >= 4 is 87.5 Å². The van der Waals surface area contributed by atoms with E-state index in [1.807, 2.05) is 117 Å². The van der Waals surface area contributed by atoms with E-state index >= 15 is 0 Å². The normalized spacial score (nSPS) is 11.5. The number of para-hydroxylation sites is 4. The summed E-state index contributed by atoms with van der Waals surface area (Å²) in [7, 11) is 0. The Hall–Kier alpha value is -10.5. The second-order valence-electron chi connectivity index (χ2n) is 20.4. The molecule has 10 heterocycles. The van der Waals surface area contributed by atoms with Crippen LogP contribution < -0.4 is 0 Å². The summed E-state index contributed by atoms with van der Waals surface area (Å²) in [5.74, 6) is 0. The van der Waals surface area contributed by atoms with Gasteiger partial charge in [0, 0.05) is 69.8 Å². The van der Waals surface area contributed by atoms with Gasteiger partial charge in [-0.1, -0.05) is 95.2 Å². The Morgan fingerprint density at radius 3 is 1.08 bits per heavy atom. The third-order valence-corrected chi connectivity index (χ3v) is 15.7. The van der Waals surface area contributed by atoms with Gasteiger partial charge in [-0.3, -0.25) is 27.9 Å². The van der Waals surface area contributed by atoms with Gasteiger partial charge in [-0.2, -0.15) is 44.7 Å². The van der Waals surface area contributed by atoms with Crippen molar-refractivity contribution in [1.29, 1.82) is 0 Å². The van der Waals surface area contributed by atoms with Crippen LogP contribution in [0.15, 0.2) is 256 Å². The van der Waals surface area contributed by atoms with Crippen LogP contribution >= 0.6 is 0 Å². The quantitative estimate of drug-likeness (QED) is 0.140. The van der Waals surface area contributed by atoms with Crippen molar-refractivity contribution in [2.75, 3.05) is 0 Å². The Morgan fingerprint density at radius 2 is 0.640 bits per heavy atom. The van der Waals surface area contributed by atoms with Crippen LogP contribution in [0.4, 0.5) is 0 Å². The van der Waals surface area contributed by atoms with Crippen molar-refractivity contribution < 1.29 is 42.1 Å². The number of hydrogen-bond acceptors (Lipinski definition) is 6. The van der Waals surface area contributed by atoms with E-state index in [2.05, 4.69) is 198 Å². The molecule has 0 spiro atoms. The van der Waals surface area contributed by atoms with Gasteiger partial charge in [0.15, 0.2) is 0 Å². The standard InChI is InChI=1S/2C35H21N7.2Pt/c1-3-13-32-28(10-1)30-16-15-25(39-19-7-18-37-39)21-34(30)41(32)26-9-5-8-24(20-26)40-23-27(22-38-40)42-33-14-4-2-11-29(33)31-12-6-17-36-35(31)42;1-3-13-32-28(10-1)30-16-15-25(21-34(30)41(32)26-9-5-8-24(20-26)39-19-7-18-37-39)40-23-27(22-38-40)42-33-14-4-2-11-29(33)31-12-6-17-36-35(31)42;;/h2*1-19,22-23H;;/q2*-2;2*+2. The molecule has 0 fully saturated rings. The molecule has 0 N–H and O–H groups in total. The zero-order chi connectivity index (χ0) is 55.2. The molecule has 0 radical (unpaired) electrons. The molecule has 18 rings (SSSR count). The smallest absolute Gasteiger partial charge is 0.358 e. The zero-order valence-electron chi connectivity index (χ0n) is 45.1. The largest absolute Gasteiger partial charge is 2.00 e. The SMILES string of the molecule is [Pt+2].[Pt+2].[c-]1c(-n2cc(-n3c4ccccc4c4cccnc43)cn2)cccc1-n1c2[c-]c(-n3cccn3)ccc2c2ccccc21.[c-]1c(-n2cccn2)cccc1-n1c2[c-]c(-n3cc(-n4c5ccccc5c5cccnc54)cn3)ccc2c2ccccc21. The minimum Gasteiger partial charge on any atom is -0.358 e. The molecule has 0 aliphatic heterocycles. The fourth-order valence-corrected chi connectivity index (χ4v) is 12.0. The van der Waals surface area contributed by atoms with Crippen LogP contribution in [-0.2, 0) is 42.1 Å². The molecule has 18 aromatic rings. The average Bonchev–Trinajstić information content (AvgIpc) is 1.84. The van der Waals surface area contributed by atoms with Crippen molar-refractivity contribution in [2.24, 2.45) is 0 Å². The van der Waals surface area contributed by atoms with E-state index in [-0.39, 0.29) is 42.1 Å². The van der Waals surface area contributed by atoms with Crippen molar-refractivity contribution in [2.45, 2.75) is 0 Å². The number of pyridine rings is 2. The van der Waals surface area contributed by atoms with E-state index < -0.39 is 0 Å². The molecule has 8 aromatic carbocycles. The van der Waals surface area contributed by atoms with Gasteiger partial charge in [0.1, 0.15) is 11.3 Å². The number of fused-ring (bicyclic) bond motifs is 12.